The van der Waals surface area contributed by atoms with Crippen LogP contribution in [-0.4, -0.2) is 23.9 Å². The van der Waals surface area contributed by atoms with Crippen LogP contribution in [0, 0.1) is 0 Å². The van der Waals surface area contributed by atoms with Gasteiger partial charge in [0.2, 0.25) is 0 Å². The first-order valence-electron chi connectivity index (χ1n) is 9.27. The number of aliphatic hydroxyl groups is 1. The first kappa shape index (κ1) is 19.9. The zero-order valence-corrected chi connectivity index (χ0v) is 17.7. The van der Waals surface area contributed by atoms with Gasteiger partial charge in [-0.05, 0) is 54.1 Å². The molecule has 0 aliphatic carbocycles. The summed E-state index contributed by atoms with van der Waals surface area (Å²) >= 11 is 3.39. The van der Waals surface area contributed by atoms with Crippen LogP contribution in [0.1, 0.15) is 22.0 Å². The molecule has 0 spiro atoms. The first-order chi connectivity index (χ1) is 14.5. The normalized spacial score (nSPS) is 16.1. The molecule has 3 aromatic rings. The number of hydrogen-bond donors (Lipinski definition) is 1. The van der Waals surface area contributed by atoms with Crippen LogP contribution in [0.2, 0.25) is 0 Å². The minimum Gasteiger partial charge on any atom is -0.503 e. The number of anilines is 1. The summed E-state index contributed by atoms with van der Waals surface area (Å²) in [6.07, 6.45) is 0. The lowest BCUT2D eigenvalue weighted by atomic mass is 9.92. The van der Waals surface area contributed by atoms with E-state index in [4.69, 9.17) is 4.74 Å². The van der Waals surface area contributed by atoms with Crippen molar-refractivity contribution >= 4 is 33.3 Å². The highest BCUT2D eigenvalue weighted by molar-refractivity contribution is 9.10. The fraction of sp³-hybridized carbons (Fsp3) is 0.0833. The number of amides is 1. The van der Waals surface area contributed by atoms with E-state index in [1.165, 1.54) is 4.90 Å². The maximum absolute atomic E-state index is 13.4. The SMILES string of the molecule is COc1ccc(C(=O)C2=C(O)C(=O)N(c3ccc(Br)cc3)C2c2ccccc2)cc1. The molecule has 0 fully saturated rings. The Kier molecular flexibility index (Phi) is 5.42. The van der Waals surface area contributed by atoms with Crippen LogP contribution in [0.15, 0.2) is 94.7 Å². The molecule has 6 heteroatoms. The van der Waals surface area contributed by atoms with Gasteiger partial charge >= 0.3 is 0 Å². The van der Waals surface area contributed by atoms with E-state index in [9.17, 15) is 14.7 Å². The summed E-state index contributed by atoms with van der Waals surface area (Å²) in [6.45, 7) is 0. The molecule has 1 aliphatic heterocycles. The third-order valence-corrected chi connectivity index (χ3v) is 5.55. The highest BCUT2D eigenvalue weighted by Crippen LogP contribution is 2.42. The van der Waals surface area contributed by atoms with E-state index in [1.807, 2.05) is 42.5 Å². The van der Waals surface area contributed by atoms with Crippen molar-refractivity contribution in [3.63, 3.8) is 0 Å². The Morgan fingerprint density at radius 2 is 1.60 bits per heavy atom. The molecule has 4 rings (SSSR count). The number of methoxy groups -OCH3 is 1. The molecular weight excluding hydrogens is 446 g/mol. The molecule has 0 radical (unpaired) electrons. The van der Waals surface area contributed by atoms with Crippen molar-refractivity contribution in [2.45, 2.75) is 6.04 Å². The van der Waals surface area contributed by atoms with Gasteiger partial charge in [-0.3, -0.25) is 14.5 Å². The number of carbonyl (C=O) groups excluding carboxylic acids is 2. The highest BCUT2D eigenvalue weighted by Gasteiger charge is 2.44. The van der Waals surface area contributed by atoms with E-state index in [1.54, 1.807) is 43.5 Å². The summed E-state index contributed by atoms with van der Waals surface area (Å²) in [4.78, 5) is 27.9. The Balaban J connectivity index is 1.83. The van der Waals surface area contributed by atoms with Gasteiger partial charge in [0, 0.05) is 15.7 Å². The quantitative estimate of drug-likeness (QED) is 0.525. The van der Waals surface area contributed by atoms with Gasteiger partial charge in [0.15, 0.2) is 11.5 Å². The number of hydrogen-bond acceptors (Lipinski definition) is 4. The standard InChI is InChI=1S/C24H18BrNO4/c1-30-19-13-7-16(8-14-19)22(27)20-21(15-5-3-2-4-6-15)26(24(29)23(20)28)18-11-9-17(25)10-12-18/h2-14,21,28H,1H3. The molecule has 0 saturated heterocycles. The monoisotopic (exact) mass is 463 g/mol. The Morgan fingerprint density at radius 3 is 2.20 bits per heavy atom. The van der Waals surface area contributed by atoms with Crippen LogP contribution < -0.4 is 9.64 Å². The summed E-state index contributed by atoms with van der Waals surface area (Å²) in [5.74, 6) is -0.934. The lowest BCUT2D eigenvalue weighted by molar-refractivity contribution is -0.117. The topological polar surface area (TPSA) is 66.8 Å². The molecular formula is C24H18BrNO4. The van der Waals surface area contributed by atoms with Crippen molar-refractivity contribution in [1.29, 1.82) is 0 Å². The number of ketones is 1. The highest BCUT2D eigenvalue weighted by atomic mass is 79.9. The van der Waals surface area contributed by atoms with E-state index >= 15 is 0 Å². The minimum atomic E-state index is -0.741. The van der Waals surface area contributed by atoms with Gasteiger partial charge in [0.1, 0.15) is 5.75 Å². The van der Waals surface area contributed by atoms with Crippen molar-refractivity contribution in [2.75, 3.05) is 12.0 Å². The van der Waals surface area contributed by atoms with Crippen LogP contribution in [0.25, 0.3) is 0 Å². The Bertz CT molecular complexity index is 1120. The zero-order chi connectivity index (χ0) is 21.3. The van der Waals surface area contributed by atoms with E-state index in [0.29, 0.717) is 17.0 Å². The second kappa shape index (κ2) is 8.16. The fourth-order valence-corrected chi connectivity index (χ4v) is 3.82. The molecule has 5 nitrogen and oxygen atoms in total. The number of carbonyl (C=O) groups is 2. The maximum Gasteiger partial charge on any atom is 0.294 e. The Labute approximate surface area is 182 Å². The summed E-state index contributed by atoms with van der Waals surface area (Å²) in [6, 6.07) is 22.2. The molecule has 1 atom stereocenters. The van der Waals surface area contributed by atoms with Crippen LogP contribution >= 0.6 is 15.9 Å². The smallest absolute Gasteiger partial charge is 0.294 e. The summed E-state index contributed by atoms with van der Waals surface area (Å²) in [5, 5.41) is 10.7. The van der Waals surface area contributed by atoms with E-state index in [2.05, 4.69) is 15.9 Å². The number of rotatable bonds is 5. The summed E-state index contributed by atoms with van der Waals surface area (Å²) < 4.78 is 6.01. The van der Waals surface area contributed by atoms with Gasteiger partial charge in [-0.1, -0.05) is 46.3 Å². The zero-order valence-electron chi connectivity index (χ0n) is 16.1. The van der Waals surface area contributed by atoms with E-state index in [-0.39, 0.29) is 5.57 Å². The maximum atomic E-state index is 13.4. The molecule has 150 valence electrons. The van der Waals surface area contributed by atoms with Gasteiger partial charge in [-0.25, -0.2) is 0 Å². The predicted molar refractivity (Wildman–Crippen MR) is 118 cm³/mol. The molecule has 30 heavy (non-hydrogen) atoms. The van der Waals surface area contributed by atoms with E-state index < -0.39 is 23.5 Å². The van der Waals surface area contributed by atoms with Crippen LogP contribution in [0.5, 0.6) is 5.75 Å². The van der Waals surface area contributed by atoms with Crippen LogP contribution in [0.4, 0.5) is 5.69 Å². The third-order valence-electron chi connectivity index (χ3n) is 5.03. The first-order valence-corrected chi connectivity index (χ1v) is 10.1. The summed E-state index contributed by atoms with van der Waals surface area (Å²) in [5.41, 5.74) is 1.74. The van der Waals surface area contributed by atoms with Crippen LogP contribution in [-0.2, 0) is 4.79 Å². The van der Waals surface area contributed by atoms with Gasteiger partial charge in [0.25, 0.3) is 5.91 Å². The molecule has 1 N–H and O–H groups in total. The van der Waals surface area contributed by atoms with Crippen molar-refractivity contribution in [3.8, 4) is 5.75 Å². The molecule has 1 unspecified atom stereocenters. The number of Topliss-reactive ketones (excluding diaryl/α,β-unsaturated/α-hetero) is 1. The molecule has 1 amide bonds. The van der Waals surface area contributed by atoms with Gasteiger partial charge in [-0.2, -0.15) is 0 Å². The minimum absolute atomic E-state index is 0.0549. The van der Waals surface area contributed by atoms with E-state index in [0.717, 1.165) is 10.0 Å². The average Bonchev–Trinajstić information content (AvgIpc) is 3.05. The van der Waals surface area contributed by atoms with Gasteiger partial charge < -0.3 is 9.84 Å². The number of benzene rings is 3. The average molecular weight is 464 g/mol. The number of halogens is 1. The second-order valence-electron chi connectivity index (χ2n) is 6.78. The lowest BCUT2D eigenvalue weighted by Gasteiger charge is -2.27. The van der Waals surface area contributed by atoms with Crippen molar-refractivity contribution in [3.05, 3.63) is 106 Å². The predicted octanol–water partition coefficient (Wildman–Crippen LogP) is 5.24. The molecule has 1 aliphatic rings. The lowest BCUT2D eigenvalue weighted by Crippen LogP contribution is -2.31. The fourth-order valence-electron chi connectivity index (χ4n) is 3.55. The largest absolute Gasteiger partial charge is 0.503 e. The van der Waals surface area contributed by atoms with Crippen molar-refractivity contribution in [2.24, 2.45) is 0 Å². The summed E-state index contributed by atoms with van der Waals surface area (Å²) in [7, 11) is 1.54. The second-order valence-corrected chi connectivity index (χ2v) is 7.70. The number of nitrogens with zero attached hydrogens (tertiary/aromatic N) is 1. The van der Waals surface area contributed by atoms with Gasteiger partial charge in [-0.15, -0.1) is 0 Å². The van der Waals surface area contributed by atoms with Crippen LogP contribution in [0.3, 0.4) is 0 Å². The molecule has 3 aromatic carbocycles. The Hall–Kier alpha value is -3.38. The van der Waals surface area contributed by atoms with Crippen molar-refractivity contribution < 1.29 is 19.4 Å². The number of aliphatic hydroxyl groups excluding tert-OH is 1. The molecule has 0 aromatic heterocycles. The molecule has 0 saturated carbocycles. The van der Waals surface area contributed by atoms with Crippen molar-refractivity contribution in [1.82, 2.24) is 0 Å². The third kappa shape index (κ3) is 3.50. The Morgan fingerprint density at radius 1 is 0.967 bits per heavy atom. The molecule has 0 bridgehead atoms. The molecule has 1 heterocycles. The van der Waals surface area contributed by atoms with Gasteiger partial charge in [0.05, 0.1) is 18.7 Å². The number of ether oxygens (including phenoxy) is 1.